The van der Waals surface area contributed by atoms with Gasteiger partial charge in [0.2, 0.25) is 5.95 Å². The molecule has 1 aliphatic carbocycles. The molecule has 2 aliphatic rings. The van der Waals surface area contributed by atoms with E-state index in [2.05, 4.69) is 42.3 Å². The molecule has 1 saturated carbocycles. The van der Waals surface area contributed by atoms with Gasteiger partial charge in [0, 0.05) is 31.1 Å². The molecule has 0 bridgehead atoms. The fraction of sp³-hybridized carbons (Fsp3) is 0.524. The third-order valence-corrected chi connectivity index (χ3v) is 5.19. The molecule has 2 aromatic rings. The first kappa shape index (κ1) is 17.9. The van der Waals surface area contributed by atoms with Crippen LogP contribution in [0.4, 0.5) is 11.8 Å². The summed E-state index contributed by atoms with van der Waals surface area (Å²) in [6.07, 6.45) is 3.43. The van der Waals surface area contributed by atoms with Crippen LogP contribution < -0.4 is 19.7 Å². The molecule has 0 saturated heterocycles. The minimum Gasteiger partial charge on any atom is -0.493 e. The summed E-state index contributed by atoms with van der Waals surface area (Å²) in [4.78, 5) is 11.9. The van der Waals surface area contributed by atoms with Crippen LogP contribution in [-0.4, -0.2) is 36.8 Å². The Morgan fingerprint density at radius 2 is 1.74 bits per heavy atom. The third-order valence-electron chi connectivity index (χ3n) is 5.19. The quantitative estimate of drug-likeness (QED) is 0.838. The highest BCUT2D eigenvalue weighted by atomic mass is 16.5. The maximum Gasteiger partial charge on any atom is 0.225 e. The Balaban J connectivity index is 1.64. The van der Waals surface area contributed by atoms with Crippen LogP contribution >= 0.6 is 0 Å². The molecule has 1 aromatic carbocycles. The third kappa shape index (κ3) is 3.80. The predicted octanol–water partition coefficient (Wildman–Crippen LogP) is 3.75. The lowest BCUT2D eigenvalue weighted by atomic mass is 9.98. The van der Waals surface area contributed by atoms with Gasteiger partial charge in [-0.1, -0.05) is 0 Å². The number of anilines is 2. The first-order valence-corrected chi connectivity index (χ1v) is 9.71. The molecule has 2 heterocycles. The van der Waals surface area contributed by atoms with E-state index in [0.717, 1.165) is 42.8 Å². The van der Waals surface area contributed by atoms with E-state index in [4.69, 9.17) is 19.4 Å². The smallest absolute Gasteiger partial charge is 0.225 e. The van der Waals surface area contributed by atoms with Crippen LogP contribution in [0.15, 0.2) is 18.2 Å². The summed E-state index contributed by atoms with van der Waals surface area (Å²) in [5, 5.41) is 3.37. The van der Waals surface area contributed by atoms with E-state index in [1.54, 1.807) is 14.2 Å². The maximum absolute atomic E-state index is 5.49. The summed E-state index contributed by atoms with van der Waals surface area (Å²) in [7, 11) is 3.37. The average Bonchev–Trinajstić information content (AvgIpc) is 3.51. The summed E-state index contributed by atoms with van der Waals surface area (Å²) >= 11 is 0. The number of rotatable bonds is 6. The van der Waals surface area contributed by atoms with Crippen molar-refractivity contribution in [3.8, 4) is 11.5 Å². The zero-order chi connectivity index (χ0) is 19.0. The standard InChI is InChI=1S/C21H28N4O2/c1-13(2)22-21-23-17(14-5-6-14)11-20(24-21)25-8-7-15-9-18(26-3)19(27-4)10-16(15)12-25/h9-11,13-14H,5-8,12H2,1-4H3,(H,22,23,24). The Labute approximate surface area is 160 Å². The Morgan fingerprint density at radius 3 is 2.37 bits per heavy atom. The number of benzene rings is 1. The highest BCUT2D eigenvalue weighted by molar-refractivity contribution is 5.53. The highest BCUT2D eigenvalue weighted by Crippen LogP contribution is 2.41. The van der Waals surface area contributed by atoms with Crippen molar-refractivity contribution in [3.63, 3.8) is 0 Å². The van der Waals surface area contributed by atoms with Gasteiger partial charge in [-0.2, -0.15) is 4.98 Å². The molecule has 6 nitrogen and oxygen atoms in total. The molecule has 6 heteroatoms. The fourth-order valence-corrected chi connectivity index (χ4v) is 3.60. The van der Waals surface area contributed by atoms with Gasteiger partial charge >= 0.3 is 0 Å². The van der Waals surface area contributed by atoms with Gasteiger partial charge in [-0.15, -0.1) is 0 Å². The molecular weight excluding hydrogens is 340 g/mol. The van der Waals surface area contributed by atoms with Crippen LogP contribution in [0, 0.1) is 0 Å². The van der Waals surface area contributed by atoms with Crippen molar-refractivity contribution in [2.24, 2.45) is 0 Å². The second-order valence-electron chi connectivity index (χ2n) is 7.70. The summed E-state index contributed by atoms with van der Waals surface area (Å²) in [6.45, 7) is 5.98. The lowest BCUT2D eigenvalue weighted by Crippen LogP contribution is -2.31. The fourth-order valence-electron chi connectivity index (χ4n) is 3.60. The van der Waals surface area contributed by atoms with Gasteiger partial charge in [0.15, 0.2) is 11.5 Å². The van der Waals surface area contributed by atoms with Crippen molar-refractivity contribution in [3.05, 3.63) is 35.0 Å². The molecule has 4 rings (SSSR count). The van der Waals surface area contributed by atoms with Gasteiger partial charge in [0.05, 0.1) is 19.9 Å². The number of hydrogen-bond acceptors (Lipinski definition) is 6. The van der Waals surface area contributed by atoms with Gasteiger partial charge in [0.1, 0.15) is 5.82 Å². The average molecular weight is 368 g/mol. The molecule has 1 aliphatic heterocycles. The first-order chi connectivity index (χ1) is 13.1. The zero-order valence-corrected chi connectivity index (χ0v) is 16.6. The van der Waals surface area contributed by atoms with Gasteiger partial charge in [0.25, 0.3) is 0 Å². The summed E-state index contributed by atoms with van der Waals surface area (Å²) < 4.78 is 10.9. The van der Waals surface area contributed by atoms with Gasteiger partial charge in [-0.25, -0.2) is 4.98 Å². The van der Waals surface area contributed by atoms with Gasteiger partial charge < -0.3 is 19.7 Å². The van der Waals surface area contributed by atoms with Crippen LogP contribution in [0.25, 0.3) is 0 Å². The number of ether oxygens (including phenoxy) is 2. The van der Waals surface area contributed by atoms with Crippen molar-refractivity contribution >= 4 is 11.8 Å². The second kappa shape index (κ2) is 7.25. The lowest BCUT2D eigenvalue weighted by molar-refractivity contribution is 0.353. The molecule has 0 radical (unpaired) electrons. The van der Waals surface area contributed by atoms with Crippen molar-refractivity contribution in [2.75, 3.05) is 31.0 Å². The van der Waals surface area contributed by atoms with Crippen molar-refractivity contribution < 1.29 is 9.47 Å². The van der Waals surface area contributed by atoms with Gasteiger partial charge in [-0.05, 0) is 56.4 Å². The minimum atomic E-state index is 0.311. The molecule has 1 aromatic heterocycles. The number of nitrogens with one attached hydrogen (secondary N) is 1. The molecule has 0 amide bonds. The van der Waals surface area contributed by atoms with E-state index in [-0.39, 0.29) is 0 Å². The largest absolute Gasteiger partial charge is 0.493 e. The molecular formula is C21H28N4O2. The topological polar surface area (TPSA) is 59.5 Å². The zero-order valence-electron chi connectivity index (χ0n) is 16.6. The maximum atomic E-state index is 5.49. The number of fused-ring (bicyclic) bond motifs is 1. The van der Waals surface area contributed by atoms with E-state index < -0.39 is 0 Å². The van der Waals surface area contributed by atoms with E-state index in [9.17, 15) is 0 Å². The summed E-state index contributed by atoms with van der Waals surface area (Å²) in [6, 6.07) is 6.68. The molecule has 0 unspecified atom stereocenters. The normalized spacial score (nSPS) is 16.3. The molecule has 27 heavy (non-hydrogen) atoms. The number of hydrogen-bond donors (Lipinski definition) is 1. The first-order valence-electron chi connectivity index (χ1n) is 9.71. The van der Waals surface area contributed by atoms with Crippen LogP contribution in [0.3, 0.4) is 0 Å². The van der Waals surface area contributed by atoms with E-state index in [1.807, 2.05) is 0 Å². The Hall–Kier alpha value is -2.50. The predicted molar refractivity (Wildman–Crippen MR) is 107 cm³/mol. The van der Waals surface area contributed by atoms with Crippen molar-refractivity contribution in [2.45, 2.75) is 51.6 Å². The van der Waals surface area contributed by atoms with Gasteiger partial charge in [-0.3, -0.25) is 0 Å². The van der Waals surface area contributed by atoms with Crippen LogP contribution in [0.2, 0.25) is 0 Å². The van der Waals surface area contributed by atoms with Crippen LogP contribution in [-0.2, 0) is 13.0 Å². The Kier molecular flexibility index (Phi) is 4.81. The highest BCUT2D eigenvalue weighted by Gasteiger charge is 2.28. The number of nitrogens with zero attached hydrogens (tertiary/aromatic N) is 3. The van der Waals surface area contributed by atoms with Crippen molar-refractivity contribution in [1.82, 2.24) is 9.97 Å². The van der Waals surface area contributed by atoms with Crippen molar-refractivity contribution in [1.29, 1.82) is 0 Å². The lowest BCUT2D eigenvalue weighted by Gasteiger charge is -2.31. The molecule has 1 fully saturated rings. The molecule has 144 valence electrons. The minimum absolute atomic E-state index is 0.311. The molecule has 1 N–H and O–H groups in total. The van der Waals surface area contributed by atoms with Crippen LogP contribution in [0.1, 0.15) is 49.4 Å². The number of methoxy groups -OCH3 is 2. The van der Waals surface area contributed by atoms with E-state index in [0.29, 0.717) is 12.0 Å². The summed E-state index contributed by atoms with van der Waals surface area (Å²) in [5.74, 6) is 3.92. The molecule has 0 spiro atoms. The SMILES string of the molecule is COc1cc2c(cc1OC)CN(c1cc(C3CC3)nc(NC(C)C)n1)CC2. The van der Waals surface area contributed by atoms with E-state index in [1.165, 1.54) is 29.7 Å². The Morgan fingerprint density at radius 1 is 1.04 bits per heavy atom. The molecule has 0 atom stereocenters. The summed E-state index contributed by atoms with van der Waals surface area (Å²) in [5.41, 5.74) is 3.76. The monoisotopic (exact) mass is 368 g/mol. The van der Waals surface area contributed by atoms with Crippen LogP contribution in [0.5, 0.6) is 11.5 Å². The second-order valence-corrected chi connectivity index (χ2v) is 7.70. The number of aromatic nitrogens is 2. The Bertz CT molecular complexity index is 833. The van der Waals surface area contributed by atoms with E-state index >= 15 is 0 Å².